The monoisotopic (exact) mass is 386 g/mol. The first-order valence-corrected chi connectivity index (χ1v) is 9.40. The molecular formula is C13H18N6O6S. The third-order valence-electron chi connectivity index (χ3n) is 4.48. The molecule has 142 valence electrons. The summed E-state index contributed by atoms with van der Waals surface area (Å²) in [4.78, 5) is 8.16. The van der Waals surface area contributed by atoms with Gasteiger partial charge in [0.1, 0.15) is 30.5 Å². The van der Waals surface area contributed by atoms with E-state index in [0.717, 1.165) is 12.8 Å². The van der Waals surface area contributed by atoms with Gasteiger partial charge in [0.15, 0.2) is 11.9 Å². The lowest BCUT2D eigenvalue weighted by molar-refractivity contribution is -0.0528. The quantitative estimate of drug-likeness (QED) is 0.453. The number of nitrogens with two attached hydrogens (primary N) is 2. The van der Waals surface area contributed by atoms with Gasteiger partial charge in [-0.3, -0.25) is 4.18 Å². The second-order valence-electron chi connectivity index (χ2n) is 6.39. The zero-order valence-electron chi connectivity index (χ0n) is 13.5. The van der Waals surface area contributed by atoms with Gasteiger partial charge in [0, 0.05) is 5.92 Å². The van der Waals surface area contributed by atoms with Crippen molar-refractivity contribution in [1.82, 2.24) is 19.7 Å². The largest absolute Gasteiger partial charge is 0.387 e. The van der Waals surface area contributed by atoms with Crippen LogP contribution < -0.4 is 10.9 Å². The van der Waals surface area contributed by atoms with Crippen LogP contribution in [-0.4, -0.2) is 63.3 Å². The van der Waals surface area contributed by atoms with E-state index in [-0.39, 0.29) is 11.7 Å². The van der Waals surface area contributed by atoms with Gasteiger partial charge in [-0.2, -0.15) is 13.5 Å². The Morgan fingerprint density at radius 2 is 2.04 bits per heavy atom. The zero-order valence-corrected chi connectivity index (χ0v) is 14.3. The number of hydrogen-bond donors (Lipinski definition) is 4. The van der Waals surface area contributed by atoms with Crippen LogP contribution >= 0.6 is 0 Å². The number of fused-ring (bicyclic) bond motifs is 1. The predicted octanol–water partition coefficient (Wildman–Crippen LogP) is -1.87. The Bertz CT molecular complexity index is 944. The summed E-state index contributed by atoms with van der Waals surface area (Å²) in [6, 6.07) is 0. The Morgan fingerprint density at radius 1 is 1.31 bits per heavy atom. The number of rotatable bonds is 5. The van der Waals surface area contributed by atoms with E-state index in [1.165, 1.54) is 11.0 Å². The third-order valence-corrected chi connectivity index (χ3v) is 4.95. The molecule has 0 unspecified atom stereocenters. The van der Waals surface area contributed by atoms with Gasteiger partial charge in [0.05, 0.1) is 17.7 Å². The van der Waals surface area contributed by atoms with Crippen LogP contribution in [-0.2, 0) is 19.2 Å². The molecule has 2 aliphatic rings. The molecule has 12 nitrogen and oxygen atoms in total. The number of hydrogen-bond acceptors (Lipinski definition) is 10. The standard InChI is InChI=1S/C13H18N6O6S/c14-11-7-8(5-1-2-5)18-19(12(7)17-4-16-11)13-10(21)9(20)6(25-13)3-24-26(15,22)23/h4-6,9-10,13,20-21H,1-3H2,(H2,14,16,17)(H2,15,22,23)/t6-,9-,10-,13-/m1/s1. The Hall–Kier alpha value is -1.90. The van der Waals surface area contributed by atoms with Gasteiger partial charge in [-0.25, -0.2) is 19.8 Å². The SMILES string of the molecule is Nc1ncnc2c1c(C1CC1)nn2[C@@H]1O[C@H](COS(N)(=O)=O)[C@@H](O)[C@H]1O. The molecule has 3 heterocycles. The highest BCUT2D eigenvalue weighted by Gasteiger charge is 2.46. The van der Waals surface area contributed by atoms with Crippen molar-refractivity contribution in [3.63, 3.8) is 0 Å². The lowest BCUT2D eigenvalue weighted by Crippen LogP contribution is -2.35. The van der Waals surface area contributed by atoms with Gasteiger partial charge < -0.3 is 20.7 Å². The summed E-state index contributed by atoms with van der Waals surface area (Å²) in [6.07, 6.45) is -1.80. The summed E-state index contributed by atoms with van der Waals surface area (Å²) in [5.74, 6) is 0.502. The Labute approximate surface area is 148 Å². The molecule has 1 saturated heterocycles. The predicted molar refractivity (Wildman–Crippen MR) is 86.7 cm³/mol. The van der Waals surface area contributed by atoms with Gasteiger partial charge >= 0.3 is 10.3 Å². The number of aliphatic hydroxyl groups is 2. The Morgan fingerprint density at radius 3 is 2.69 bits per heavy atom. The van der Waals surface area contributed by atoms with E-state index in [4.69, 9.17) is 15.6 Å². The highest BCUT2D eigenvalue weighted by atomic mass is 32.2. The first kappa shape index (κ1) is 17.5. The van der Waals surface area contributed by atoms with E-state index < -0.39 is 41.5 Å². The fourth-order valence-corrected chi connectivity index (χ4v) is 3.40. The molecule has 4 rings (SSSR count). The van der Waals surface area contributed by atoms with E-state index in [0.29, 0.717) is 16.7 Å². The summed E-state index contributed by atoms with van der Waals surface area (Å²) in [7, 11) is -4.21. The van der Waals surface area contributed by atoms with Crippen LogP contribution in [0, 0.1) is 0 Å². The van der Waals surface area contributed by atoms with Crippen LogP contribution in [0.1, 0.15) is 30.7 Å². The number of ether oxygens (including phenoxy) is 1. The minimum atomic E-state index is -4.21. The van der Waals surface area contributed by atoms with Crippen molar-refractivity contribution in [3.8, 4) is 0 Å². The van der Waals surface area contributed by atoms with Crippen molar-refractivity contribution in [2.24, 2.45) is 5.14 Å². The molecule has 13 heteroatoms. The first-order valence-electron chi connectivity index (χ1n) is 7.93. The molecule has 2 fully saturated rings. The molecule has 0 amide bonds. The average molecular weight is 386 g/mol. The van der Waals surface area contributed by atoms with Gasteiger partial charge in [-0.1, -0.05) is 0 Å². The summed E-state index contributed by atoms with van der Waals surface area (Å²) < 4.78 is 33.2. The average Bonchev–Trinajstić information content (AvgIpc) is 3.28. The zero-order chi connectivity index (χ0) is 18.6. The molecule has 1 saturated carbocycles. The summed E-state index contributed by atoms with van der Waals surface area (Å²) >= 11 is 0. The van der Waals surface area contributed by atoms with Crippen LogP contribution in [0.15, 0.2) is 6.33 Å². The van der Waals surface area contributed by atoms with Gasteiger partial charge in [0.2, 0.25) is 0 Å². The van der Waals surface area contributed by atoms with Crippen LogP contribution in [0.3, 0.4) is 0 Å². The number of aromatic nitrogens is 4. The number of nitrogens with zero attached hydrogens (tertiary/aromatic N) is 4. The topological polar surface area (TPSA) is 189 Å². The van der Waals surface area contributed by atoms with Crippen molar-refractivity contribution in [1.29, 1.82) is 0 Å². The number of nitrogen functional groups attached to an aromatic ring is 1. The summed E-state index contributed by atoms with van der Waals surface area (Å²) in [5, 5.41) is 30.3. The number of aliphatic hydroxyl groups excluding tert-OH is 2. The molecule has 2 aromatic rings. The summed E-state index contributed by atoms with van der Waals surface area (Å²) in [5.41, 5.74) is 7.04. The molecule has 0 radical (unpaired) electrons. The van der Waals surface area contributed by atoms with Crippen LogP contribution in [0.4, 0.5) is 5.82 Å². The van der Waals surface area contributed by atoms with E-state index >= 15 is 0 Å². The van der Waals surface area contributed by atoms with Gasteiger partial charge in [0.25, 0.3) is 0 Å². The smallest absolute Gasteiger partial charge is 0.333 e. The first-order chi connectivity index (χ1) is 12.3. The van der Waals surface area contributed by atoms with E-state index in [9.17, 15) is 18.6 Å². The second-order valence-corrected chi connectivity index (χ2v) is 7.61. The Kier molecular flexibility index (Phi) is 4.09. The molecule has 0 bridgehead atoms. The lowest BCUT2D eigenvalue weighted by atomic mass is 10.1. The van der Waals surface area contributed by atoms with Crippen LogP contribution in [0.25, 0.3) is 11.0 Å². The van der Waals surface area contributed by atoms with Crippen molar-refractivity contribution in [2.75, 3.05) is 12.3 Å². The molecular weight excluding hydrogens is 368 g/mol. The maximum absolute atomic E-state index is 10.9. The van der Waals surface area contributed by atoms with Crippen LogP contribution in [0.2, 0.25) is 0 Å². The van der Waals surface area contributed by atoms with Crippen molar-refractivity contribution < 1.29 is 27.6 Å². The van der Waals surface area contributed by atoms with Crippen molar-refractivity contribution in [2.45, 2.75) is 43.3 Å². The number of anilines is 1. The minimum absolute atomic E-state index is 0.233. The molecule has 1 aliphatic heterocycles. The Balaban J connectivity index is 1.68. The highest BCUT2D eigenvalue weighted by Crippen LogP contribution is 2.44. The van der Waals surface area contributed by atoms with Gasteiger partial charge in [-0.15, -0.1) is 0 Å². The van der Waals surface area contributed by atoms with Gasteiger partial charge in [-0.05, 0) is 12.8 Å². The third kappa shape index (κ3) is 3.02. The highest BCUT2D eigenvalue weighted by molar-refractivity contribution is 7.84. The lowest BCUT2D eigenvalue weighted by Gasteiger charge is -2.15. The van der Waals surface area contributed by atoms with E-state index in [1.54, 1.807) is 0 Å². The van der Waals surface area contributed by atoms with E-state index in [1.807, 2.05) is 0 Å². The molecule has 4 atom stereocenters. The molecule has 0 aromatic carbocycles. The van der Waals surface area contributed by atoms with Crippen molar-refractivity contribution in [3.05, 3.63) is 12.0 Å². The fourth-order valence-electron chi connectivity index (χ4n) is 3.07. The summed E-state index contributed by atoms with van der Waals surface area (Å²) in [6.45, 7) is -0.542. The molecule has 26 heavy (non-hydrogen) atoms. The second kappa shape index (κ2) is 6.07. The molecule has 1 aliphatic carbocycles. The molecule has 6 N–H and O–H groups in total. The minimum Gasteiger partial charge on any atom is -0.387 e. The molecule has 2 aromatic heterocycles. The maximum atomic E-state index is 10.9. The molecule has 0 spiro atoms. The maximum Gasteiger partial charge on any atom is 0.333 e. The van der Waals surface area contributed by atoms with Crippen molar-refractivity contribution >= 4 is 27.2 Å². The van der Waals surface area contributed by atoms with E-state index in [2.05, 4.69) is 19.2 Å². The fraction of sp³-hybridized carbons (Fsp3) is 0.615. The normalized spacial score (nSPS) is 29.5. The van der Waals surface area contributed by atoms with Crippen LogP contribution in [0.5, 0.6) is 0 Å².